The predicted octanol–water partition coefficient (Wildman–Crippen LogP) is 0.551. The summed E-state index contributed by atoms with van der Waals surface area (Å²) in [6, 6.07) is -0.839. The average Bonchev–Trinajstić information content (AvgIpc) is 2.87. The summed E-state index contributed by atoms with van der Waals surface area (Å²) in [6.07, 6.45) is 3.28. The van der Waals surface area contributed by atoms with Crippen LogP contribution in [0.1, 0.15) is 39.0 Å². The minimum absolute atomic E-state index is 0.160. The van der Waals surface area contributed by atoms with Gasteiger partial charge in [-0.15, -0.1) is 0 Å². The minimum atomic E-state index is -0.838. The molecule has 2 rings (SSSR count). The molecule has 0 aromatic carbocycles. The number of piperidine rings is 1. The SMILES string of the molecule is CCCC1(C(=O)O)CCN(C(=O)NC2CCCNC2=O)C1. The summed E-state index contributed by atoms with van der Waals surface area (Å²) < 4.78 is 0. The number of carboxylic acid groups (broad SMARTS) is 1. The van der Waals surface area contributed by atoms with Crippen molar-refractivity contribution >= 4 is 17.9 Å². The van der Waals surface area contributed by atoms with E-state index >= 15 is 0 Å². The first-order chi connectivity index (χ1) is 9.98. The highest BCUT2D eigenvalue weighted by molar-refractivity contribution is 5.88. The zero-order valence-corrected chi connectivity index (χ0v) is 12.4. The van der Waals surface area contributed by atoms with Crippen molar-refractivity contribution < 1.29 is 19.5 Å². The van der Waals surface area contributed by atoms with Crippen molar-refractivity contribution in [2.75, 3.05) is 19.6 Å². The van der Waals surface area contributed by atoms with Crippen LogP contribution in [0.2, 0.25) is 0 Å². The van der Waals surface area contributed by atoms with Gasteiger partial charge in [-0.1, -0.05) is 13.3 Å². The van der Waals surface area contributed by atoms with Gasteiger partial charge >= 0.3 is 12.0 Å². The number of aliphatic carboxylic acids is 1. The molecule has 0 aliphatic carbocycles. The number of carbonyl (C=O) groups is 3. The summed E-state index contributed by atoms with van der Waals surface area (Å²) in [4.78, 5) is 36.9. The number of carbonyl (C=O) groups excluding carboxylic acids is 2. The number of rotatable bonds is 4. The normalized spacial score (nSPS) is 29.1. The lowest BCUT2D eigenvalue weighted by Gasteiger charge is -2.27. The molecule has 2 heterocycles. The molecule has 118 valence electrons. The zero-order chi connectivity index (χ0) is 15.5. The Labute approximate surface area is 124 Å². The summed E-state index contributed by atoms with van der Waals surface area (Å²) in [5.41, 5.74) is -0.832. The highest BCUT2D eigenvalue weighted by atomic mass is 16.4. The van der Waals surface area contributed by atoms with E-state index in [1.165, 1.54) is 4.90 Å². The van der Waals surface area contributed by atoms with Gasteiger partial charge in [0, 0.05) is 19.6 Å². The molecule has 0 aromatic rings. The van der Waals surface area contributed by atoms with Crippen LogP contribution in [-0.4, -0.2) is 53.6 Å². The van der Waals surface area contributed by atoms with Crippen LogP contribution in [0.15, 0.2) is 0 Å². The molecule has 21 heavy (non-hydrogen) atoms. The van der Waals surface area contributed by atoms with Crippen molar-refractivity contribution in [1.29, 1.82) is 0 Å². The van der Waals surface area contributed by atoms with Gasteiger partial charge in [-0.25, -0.2) is 4.79 Å². The Morgan fingerprint density at radius 1 is 1.52 bits per heavy atom. The fourth-order valence-electron chi connectivity index (χ4n) is 3.16. The first kappa shape index (κ1) is 15.6. The molecular weight excluding hydrogens is 274 g/mol. The second-order valence-electron chi connectivity index (χ2n) is 5.94. The molecule has 0 spiro atoms. The van der Waals surface area contributed by atoms with Crippen LogP contribution in [0.25, 0.3) is 0 Å². The number of nitrogens with zero attached hydrogens (tertiary/aromatic N) is 1. The number of hydrogen-bond donors (Lipinski definition) is 3. The molecule has 2 unspecified atom stereocenters. The fraction of sp³-hybridized carbons (Fsp3) is 0.786. The highest BCUT2D eigenvalue weighted by Crippen LogP contribution is 2.35. The number of hydrogen-bond acceptors (Lipinski definition) is 3. The molecule has 2 fully saturated rings. The molecule has 0 bridgehead atoms. The fourth-order valence-corrected chi connectivity index (χ4v) is 3.16. The van der Waals surface area contributed by atoms with Crippen molar-refractivity contribution in [2.45, 2.75) is 45.1 Å². The Balaban J connectivity index is 1.95. The van der Waals surface area contributed by atoms with Crippen molar-refractivity contribution in [2.24, 2.45) is 5.41 Å². The van der Waals surface area contributed by atoms with Gasteiger partial charge in [-0.2, -0.15) is 0 Å². The van der Waals surface area contributed by atoms with Crippen LogP contribution < -0.4 is 10.6 Å². The molecular formula is C14H23N3O4. The smallest absolute Gasteiger partial charge is 0.318 e. The van der Waals surface area contributed by atoms with Gasteiger partial charge in [0.05, 0.1) is 5.41 Å². The second-order valence-corrected chi connectivity index (χ2v) is 5.94. The summed E-state index contributed by atoms with van der Waals surface area (Å²) in [5.74, 6) is -0.998. The number of amides is 3. The number of likely N-dealkylation sites (tertiary alicyclic amines) is 1. The lowest BCUT2D eigenvalue weighted by Crippen LogP contribution is -2.53. The van der Waals surface area contributed by atoms with Gasteiger partial charge in [0.1, 0.15) is 6.04 Å². The van der Waals surface area contributed by atoms with Crippen LogP contribution in [-0.2, 0) is 9.59 Å². The molecule has 2 atom stereocenters. The lowest BCUT2D eigenvalue weighted by atomic mass is 9.83. The third-order valence-corrected chi connectivity index (χ3v) is 4.41. The van der Waals surface area contributed by atoms with E-state index in [1.54, 1.807) is 0 Å². The van der Waals surface area contributed by atoms with Gasteiger partial charge in [0.15, 0.2) is 0 Å². The Morgan fingerprint density at radius 3 is 2.90 bits per heavy atom. The molecule has 7 heteroatoms. The Hall–Kier alpha value is -1.79. The maximum atomic E-state index is 12.2. The van der Waals surface area contributed by atoms with E-state index in [4.69, 9.17) is 0 Å². The molecule has 0 saturated carbocycles. The molecule has 7 nitrogen and oxygen atoms in total. The lowest BCUT2D eigenvalue weighted by molar-refractivity contribution is -0.148. The topological polar surface area (TPSA) is 98.7 Å². The van der Waals surface area contributed by atoms with Crippen molar-refractivity contribution in [3.63, 3.8) is 0 Å². The molecule has 2 saturated heterocycles. The molecule has 3 amide bonds. The summed E-state index contributed by atoms with van der Waals surface area (Å²) in [6.45, 7) is 3.23. The maximum absolute atomic E-state index is 12.2. The van der Waals surface area contributed by atoms with Crippen molar-refractivity contribution in [3.8, 4) is 0 Å². The molecule has 2 aliphatic rings. The Bertz CT molecular complexity index is 440. The van der Waals surface area contributed by atoms with E-state index in [0.717, 1.165) is 12.8 Å². The van der Waals surface area contributed by atoms with Gasteiger partial charge in [-0.05, 0) is 25.7 Å². The summed E-state index contributed by atoms with van der Waals surface area (Å²) >= 11 is 0. The van der Waals surface area contributed by atoms with E-state index in [2.05, 4.69) is 10.6 Å². The minimum Gasteiger partial charge on any atom is -0.481 e. The van der Waals surface area contributed by atoms with Crippen LogP contribution in [0.5, 0.6) is 0 Å². The zero-order valence-electron chi connectivity index (χ0n) is 12.4. The van der Waals surface area contributed by atoms with Crippen molar-refractivity contribution in [1.82, 2.24) is 15.5 Å². The van der Waals surface area contributed by atoms with Crippen LogP contribution >= 0.6 is 0 Å². The number of urea groups is 1. The van der Waals surface area contributed by atoms with Gasteiger partial charge in [-0.3, -0.25) is 9.59 Å². The van der Waals surface area contributed by atoms with E-state index in [-0.39, 0.29) is 18.5 Å². The van der Waals surface area contributed by atoms with Gasteiger partial charge in [0.2, 0.25) is 5.91 Å². The second kappa shape index (κ2) is 6.32. The third-order valence-electron chi connectivity index (χ3n) is 4.41. The van der Waals surface area contributed by atoms with E-state index in [9.17, 15) is 19.5 Å². The largest absolute Gasteiger partial charge is 0.481 e. The standard InChI is InChI=1S/C14H23N3O4/c1-2-5-14(12(19)20)6-8-17(9-14)13(21)16-10-4-3-7-15-11(10)18/h10H,2-9H2,1H3,(H,15,18)(H,16,21)(H,19,20). The predicted molar refractivity (Wildman–Crippen MR) is 75.7 cm³/mol. The average molecular weight is 297 g/mol. The molecule has 0 radical (unpaired) electrons. The van der Waals surface area contributed by atoms with E-state index in [0.29, 0.717) is 32.4 Å². The molecule has 2 aliphatic heterocycles. The maximum Gasteiger partial charge on any atom is 0.318 e. The monoisotopic (exact) mass is 297 g/mol. The highest BCUT2D eigenvalue weighted by Gasteiger charge is 2.45. The number of nitrogens with one attached hydrogen (secondary N) is 2. The Morgan fingerprint density at radius 2 is 2.29 bits per heavy atom. The molecule has 3 N–H and O–H groups in total. The van der Waals surface area contributed by atoms with Crippen molar-refractivity contribution in [3.05, 3.63) is 0 Å². The Kier molecular flexibility index (Phi) is 4.69. The summed E-state index contributed by atoms with van der Waals surface area (Å²) in [7, 11) is 0. The first-order valence-corrected chi connectivity index (χ1v) is 7.55. The number of carboxylic acids is 1. The quantitative estimate of drug-likeness (QED) is 0.705. The van der Waals surface area contributed by atoms with Gasteiger partial charge in [0.25, 0.3) is 0 Å². The molecule has 0 aromatic heterocycles. The van der Waals surface area contributed by atoms with Gasteiger partial charge < -0.3 is 20.6 Å². The third kappa shape index (κ3) is 3.28. The van der Waals surface area contributed by atoms with Crippen LogP contribution in [0.3, 0.4) is 0 Å². The summed E-state index contributed by atoms with van der Waals surface area (Å²) in [5, 5.41) is 14.9. The van der Waals surface area contributed by atoms with Crippen LogP contribution in [0, 0.1) is 5.41 Å². The van der Waals surface area contributed by atoms with E-state index < -0.39 is 17.4 Å². The van der Waals surface area contributed by atoms with E-state index in [1.807, 2.05) is 6.92 Å². The van der Waals surface area contributed by atoms with Crippen LogP contribution in [0.4, 0.5) is 4.79 Å². The first-order valence-electron chi connectivity index (χ1n) is 7.55.